The number of carbonyl (C=O) groups is 3. The van der Waals surface area contributed by atoms with Gasteiger partial charge in [-0.1, -0.05) is 234 Å². The molecule has 0 aliphatic rings. The summed E-state index contributed by atoms with van der Waals surface area (Å²) in [5.74, 6) is 0.802. The van der Waals surface area contributed by atoms with Crippen molar-refractivity contribution in [3.63, 3.8) is 0 Å². The van der Waals surface area contributed by atoms with Crippen molar-refractivity contribution >= 4 is 17.9 Å². The van der Waals surface area contributed by atoms with Gasteiger partial charge in [-0.15, -0.1) is 0 Å². The van der Waals surface area contributed by atoms with Gasteiger partial charge in [0.25, 0.3) is 0 Å². The monoisotopic (exact) mass is 793 g/mol. The third-order valence-corrected chi connectivity index (χ3v) is 11.2. The molecule has 0 heterocycles. The minimum Gasteiger partial charge on any atom is -0.462 e. The van der Waals surface area contributed by atoms with Crippen LogP contribution in [0, 0.1) is 11.8 Å². The van der Waals surface area contributed by atoms with E-state index < -0.39 is 6.10 Å². The molecule has 6 nitrogen and oxygen atoms in total. The zero-order valence-electron chi connectivity index (χ0n) is 38.3. The van der Waals surface area contributed by atoms with Crippen molar-refractivity contribution in [2.24, 2.45) is 11.8 Å². The van der Waals surface area contributed by atoms with Gasteiger partial charge in [0.05, 0.1) is 0 Å². The minimum atomic E-state index is -0.760. The Morgan fingerprint density at radius 3 is 0.875 bits per heavy atom. The predicted molar refractivity (Wildman–Crippen MR) is 238 cm³/mol. The second-order valence-electron chi connectivity index (χ2n) is 18.1. The van der Waals surface area contributed by atoms with Crippen molar-refractivity contribution in [2.75, 3.05) is 13.2 Å². The molecule has 0 spiro atoms. The van der Waals surface area contributed by atoms with Crippen LogP contribution >= 0.6 is 0 Å². The fourth-order valence-corrected chi connectivity index (χ4v) is 7.46. The van der Waals surface area contributed by atoms with Crippen LogP contribution in [0.5, 0.6) is 0 Å². The lowest BCUT2D eigenvalue weighted by atomic mass is 10.0. The number of hydrogen-bond acceptors (Lipinski definition) is 6. The van der Waals surface area contributed by atoms with Crippen LogP contribution in [0.3, 0.4) is 0 Å². The fourth-order valence-electron chi connectivity index (χ4n) is 7.46. The summed E-state index contributed by atoms with van der Waals surface area (Å²) in [6, 6.07) is 0. The Morgan fingerprint density at radius 2 is 0.589 bits per heavy atom. The van der Waals surface area contributed by atoms with Gasteiger partial charge in [0.15, 0.2) is 6.10 Å². The van der Waals surface area contributed by atoms with Crippen LogP contribution in [0.15, 0.2) is 0 Å². The third-order valence-electron chi connectivity index (χ3n) is 11.2. The zero-order chi connectivity index (χ0) is 41.2. The largest absolute Gasteiger partial charge is 0.462 e. The Morgan fingerprint density at radius 1 is 0.339 bits per heavy atom. The van der Waals surface area contributed by atoms with Crippen molar-refractivity contribution in [2.45, 2.75) is 278 Å². The van der Waals surface area contributed by atoms with Crippen LogP contribution in [-0.2, 0) is 28.6 Å². The van der Waals surface area contributed by atoms with Gasteiger partial charge in [0.1, 0.15) is 13.2 Å². The highest BCUT2D eigenvalue weighted by Crippen LogP contribution is 2.17. The molecule has 0 saturated heterocycles. The molecule has 0 rings (SSSR count). The first-order valence-corrected chi connectivity index (χ1v) is 24.7. The molecule has 0 bridgehead atoms. The first-order chi connectivity index (χ1) is 27.2. The normalized spacial score (nSPS) is 12.1. The molecular formula is C50H96O6. The molecule has 56 heavy (non-hydrogen) atoms. The van der Waals surface area contributed by atoms with E-state index >= 15 is 0 Å². The van der Waals surface area contributed by atoms with Crippen molar-refractivity contribution in [3.05, 3.63) is 0 Å². The van der Waals surface area contributed by atoms with E-state index in [2.05, 4.69) is 34.6 Å². The van der Waals surface area contributed by atoms with E-state index in [9.17, 15) is 14.4 Å². The number of ether oxygens (including phenoxy) is 3. The molecule has 1 atom stereocenters. The van der Waals surface area contributed by atoms with Crippen LogP contribution in [0.1, 0.15) is 272 Å². The SMILES string of the molecule is CCCCCCCCCC(=O)OC[C@@H](COC(=O)CCCCCCCCCCCC(C)C)OC(=O)CCCCCCCCCCCCCCCCCCC(C)C. The molecule has 0 amide bonds. The standard InChI is InChI=1S/C50H96O6/c1-6-7-8-9-23-30-35-40-48(51)54-43-47(44-55-49(52)41-36-31-26-22-18-20-25-29-34-39-46(4)5)56-50(53)42-37-32-27-21-17-15-13-11-10-12-14-16-19-24-28-33-38-45(2)3/h45-47H,6-44H2,1-5H3/t47-/m0/s1. The fraction of sp³-hybridized carbons (Fsp3) is 0.940. The van der Waals surface area contributed by atoms with Crippen molar-refractivity contribution in [3.8, 4) is 0 Å². The molecule has 0 aliphatic carbocycles. The molecule has 0 aromatic carbocycles. The van der Waals surface area contributed by atoms with Gasteiger partial charge in [-0.2, -0.15) is 0 Å². The maximum absolute atomic E-state index is 12.7. The van der Waals surface area contributed by atoms with E-state index in [1.807, 2.05) is 0 Å². The summed E-state index contributed by atoms with van der Waals surface area (Å²) in [4.78, 5) is 37.7. The summed E-state index contributed by atoms with van der Waals surface area (Å²) in [6.07, 6.45) is 42.5. The van der Waals surface area contributed by atoms with E-state index in [0.29, 0.717) is 19.3 Å². The molecule has 0 unspecified atom stereocenters. The number of unbranched alkanes of at least 4 members (excludes halogenated alkanes) is 29. The lowest BCUT2D eigenvalue weighted by Gasteiger charge is -2.18. The van der Waals surface area contributed by atoms with Crippen LogP contribution in [0.4, 0.5) is 0 Å². The van der Waals surface area contributed by atoms with Crippen LogP contribution in [0.25, 0.3) is 0 Å². The van der Waals surface area contributed by atoms with Gasteiger partial charge in [-0.05, 0) is 31.1 Å². The van der Waals surface area contributed by atoms with Crippen LogP contribution < -0.4 is 0 Å². The zero-order valence-corrected chi connectivity index (χ0v) is 38.3. The number of carbonyl (C=O) groups excluding carboxylic acids is 3. The molecule has 0 aliphatic heterocycles. The van der Waals surface area contributed by atoms with Crippen molar-refractivity contribution in [1.29, 1.82) is 0 Å². The van der Waals surface area contributed by atoms with Crippen LogP contribution in [0.2, 0.25) is 0 Å². The molecule has 6 heteroatoms. The Balaban J connectivity index is 4.19. The summed E-state index contributed by atoms with van der Waals surface area (Å²) in [5, 5.41) is 0. The first-order valence-electron chi connectivity index (χ1n) is 24.7. The predicted octanol–water partition coefficient (Wildman–Crippen LogP) is 15.8. The number of hydrogen-bond donors (Lipinski definition) is 0. The van der Waals surface area contributed by atoms with Gasteiger partial charge >= 0.3 is 17.9 Å². The lowest BCUT2D eigenvalue weighted by Crippen LogP contribution is -2.30. The average molecular weight is 793 g/mol. The number of esters is 3. The molecule has 0 aromatic heterocycles. The minimum absolute atomic E-state index is 0.0648. The molecule has 0 N–H and O–H groups in total. The third kappa shape index (κ3) is 43.5. The summed E-state index contributed by atoms with van der Waals surface area (Å²) in [6.45, 7) is 11.3. The molecule has 0 fully saturated rings. The summed E-state index contributed by atoms with van der Waals surface area (Å²) < 4.78 is 16.7. The summed E-state index contributed by atoms with van der Waals surface area (Å²) in [5.41, 5.74) is 0. The average Bonchev–Trinajstić information content (AvgIpc) is 3.16. The highest BCUT2D eigenvalue weighted by atomic mass is 16.6. The second kappa shape index (κ2) is 43.0. The van der Waals surface area contributed by atoms with Gasteiger partial charge in [0.2, 0.25) is 0 Å². The van der Waals surface area contributed by atoms with Crippen molar-refractivity contribution in [1.82, 2.24) is 0 Å². The van der Waals surface area contributed by atoms with E-state index in [-0.39, 0.29) is 31.1 Å². The Labute approximate surface area is 348 Å². The maximum Gasteiger partial charge on any atom is 0.306 e. The molecule has 0 saturated carbocycles. The second-order valence-corrected chi connectivity index (χ2v) is 18.1. The van der Waals surface area contributed by atoms with E-state index in [1.54, 1.807) is 0 Å². The molecule has 332 valence electrons. The van der Waals surface area contributed by atoms with Crippen molar-refractivity contribution < 1.29 is 28.6 Å². The van der Waals surface area contributed by atoms with E-state index in [4.69, 9.17) is 14.2 Å². The highest BCUT2D eigenvalue weighted by Gasteiger charge is 2.19. The van der Waals surface area contributed by atoms with Gasteiger partial charge in [0, 0.05) is 19.3 Å². The van der Waals surface area contributed by atoms with Gasteiger partial charge in [-0.25, -0.2) is 0 Å². The smallest absolute Gasteiger partial charge is 0.306 e. The first kappa shape index (κ1) is 54.4. The maximum atomic E-state index is 12.7. The van der Waals surface area contributed by atoms with Crippen LogP contribution in [-0.4, -0.2) is 37.2 Å². The molecular weight excluding hydrogens is 697 g/mol. The number of rotatable bonds is 44. The van der Waals surface area contributed by atoms with Gasteiger partial charge < -0.3 is 14.2 Å². The van der Waals surface area contributed by atoms with E-state index in [0.717, 1.165) is 69.6 Å². The molecule has 0 radical (unpaired) electrons. The topological polar surface area (TPSA) is 78.9 Å². The molecule has 0 aromatic rings. The Hall–Kier alpha value is -1.59. The quantitative estimate of drug-likeness (QED) is 0.0347. The van der Waals surface area contributed by atoms with E-state index in [1.165, 1.54) is 161 Å². The van der Waals surface area contributed by atoms with Gasteiger partial charge in [-0.3, -0.25) is 14.4 Å². The summed E-state index contributed by atoms with van der Waals surface area (Å²) >= 11 is 0. The summed E-state index contributed by atoms with van der Waals surface area (Å²) in [7, 11) is 0. The lowest BCUT2D eigenvalue weighted by molar-refractivity contribution is -0.167. The highest BCUT2D eigenvalue weighted by molar-refractivity contribution is 5.71. The Bertz CT molecular complexity index is 854. The Kier molecular flexibility index (Phi) is 41.8.